The van der Waals surface area contributed by atoms with Crippen LogP contribution in [0.3, 0.4) is 0 Å². The molecule has 0 saturated heterocycles. The van der Waals surface area contributed by atoms with Crippen LogP contribution in [0, 0.1) is 6.92 Å². The molecule has 2 aliphatic heterocycles. The Hall–Kier alpha value is -4.76. The molecule has 3 unspecified atom stereocenters. The molecular formula is C46H49N3+2. The smallest absolute Gasteiger partial charge is 0.195 e. The molecular weight excluding hydrogens is 595 g/mol. The van der Waals surface area contributed by atoms with Gasteiger partial charge in [-0.3, -0.25) is 0 Å². The van der Waals surface area contributed by atoms with E-state index in [9.17, 15) is 0 Å². The van der Waals surface area contributed by atoms with Crippen LogP contribution in [0.25, 0.3) is 45.6 Å². The number of benzene rings is 4. The molecule has 2 aliphatic rings. The van der Waals surface area contributed by atoms with Crippen molar-refractivity contribution in [3.8, 4) is 28.3 Å². The van der Waals surface area contributed by atoms with Gasteiger partial charge in [0.2, 0.25) is 5.69 Å². The second-order valence-electron chi connectivity index (χ2n) is 14.9. The minimum atomic E-state index is -0.0921. The second-order valence-corrected chi connectivity index (χ2v) is 14.9. The summed E-state index contributed by atoms with van der Waals surface area (Å²) in [4.78, 5) is 0. The summed E-state index contributed by atoms with van der Waals surface area (Å²) >= 11 is 0. The number of aromatic nitrogens is 3. The van der Waals surface area contributed by atoms with Crippen LogP contribution in [0.4, 0.5) is 0 Å². The van der Waals surface area contributed by atoms with Gasteiger partial charge in [0.1, 0.15) is 5.69 Å². The fourth-order valence-corrected chi connectivity index (χ4v) is 9.58. The standard InChI is InChI=1S/C46H49N3/c1-8-45(7)46(9-2,39-25-13-12-21-38(39)40-26-14-15-30-48(40)45)28-18-29-47-41-27-17-24-37-33(6)36-23-16-22-34(31(3)4)42(36)49(43(37)41)44(47)35-20-11-10-19-32(35)5/h10-27,29-31,33H,8-9,28H2,1-7H3/q+2. The van der Waals surface area contributed by atoms with Crippen LogP contribution in [0.15, 0.2) is 115 Å². The monoisotopic (exact) mass is 643 g/mol. The number of imidazole rings is 1. The maximum Gasteiger partial charge on any atom is 0.300 e. The van der Waals surface area contributed by atoms with Gasteiger partial charge in [-0.05, 0) is 67.2 Å². The van der Waals surface area contributed by atoms with Gasteiger partial charge in [-0.1, -0.05) is 101 Å². The molecule has 8 rings (SSSR count). The molecule has 49 heavy (non-hydrogen) atoms. The lowest BCUT2D eigenvalue weighted by Gasteiger charge is -2.47. The van der Waals surface area contributed by atoms with Crippen molar-refractivity contribution in [3.05, 3.63) is 143 Å². The van der Waals surface area contributed by atoms with Crippen LogP contribution >= 0.6 is 0 Å². The molecule has 0 spiro atoms. The lowest BCUT2D eigenvalue weighted by atomic mass is 9.58. The van der Waals surface area contributed by atoms with Crippen LogP contribution in [0.5, 0.6) is 0 Å². The quantitative estimate of drug-likeness (QED) is 0.154. The van der Waals surface area contributed by atoms with Gasteiger partial charge in [0.05, 0.1) is 22.7 Å². The topological polar surface area (TPSA) is 12.7 Å². The van der Waals surface area contributed by atoms with E-state index < -0.39 is 0 Å². The number of rotatable bonds is 7. The van der Waals surface area contributed by atoms with Crippen molar-refractivity contribution in [1.29, 1.82) is 0 Å². The molecule has 0 radical (unpaired) electrons. The minimum Gasteiger partial charge on any atom is -0.195 e. The third-order valence-electron chi connectivity index (χ3n) is 12.4. The largest absolute Gasteiger partial charge is 0.300 e. The predicted octanol–water partition coefficient (Wildman–Crippen LogP) is 10.8. The van der Waals surface area contributed by atoms with E-state index in [1.165, 1.54) is 67.2 Å². The summed E-state index contributed by atoms with van der Waals surface area (Å²) in [7, 11) is 0. The number of nitrogens with zero attached hydrogens (tertiary/aromatic N) is 3. The lowest BCUT2D eigenvalue weighted by molar-refractivity contribution is -0.765. The molecule has 6 aromatic rings. The van der Waals surface area contributed by atoms with E-state index in [-0.39, 0.29) is 11.0 Å². The Morgan fingerprint density at radius 3 is 2.27 bits per heavy atom. The van der Waals surface area contributed by atoms with Crippen molar-refractivity contribution >= 4 is 17.2 Å². The first-order valence-corrected chi connectivity index (χ1v) is 18.3. The van der Waals surface area contributed by atoms with Crippen LogP contribution < -0.4 is 9.13 Å². The first-order chi connectivity index (χ1) is 23.8. The van der Waals surface area contributed by atoms with E-state index in [4.69, 9.17) is 0 Å². The van der Waals surface area contributed by atoms with Gasteiger partial charge in [0, 0.05) is 48.1 Å². The summed E-state index contributed by atoms with van der Waals surface area (Å²) in [5.41, 5.74) is 14.7. The molecule has 3 heteroatoms. The highest BCUT2D eigenvalue weighted by Gasteiger charge is 2.58. The summed E-state index contributed by atoms with van der Waals surface area (Å²) in [5, 5.41) is 0. The van der Waals surface area contributed by atoms with E-state index in [1.807, 2.05) is 0 Å². The number of para-hydroxylation sites is 2. The molecule has 3 atom stereocenters. The summed E-state index contributed by atoms with van der Waals surface area (Å²) in [6, 6.07) is 38.6. The van der Waals surface area contributed by atoms with Crippen molar-refractivity contribution in [3.63, 3.8) is 0 Å². The fourth-order valence-electron chi connectivity index (χ4n) is 9.58. The van der Waals surface area contributed by atoms with Crippen molar-refractivity contribution < 1.29 is 9.13 Å². The Kier molecular flexibility index (Phi) is 7.52. The number of hydrogen-bond acceptors (Lipinski definition) is 0. The first-order valence-electron chi connectivity index (χ1n) is 18.3. The molecule has 3 nitrogen and oxygen atoms in total. The van der Waals surface area contributed by atoms with Gasteiger partial charge in [-0.2, -0.15) is 13.7 Å². The van der Waals surface area contributed by atoms with Gasteiger partial charge in [0.25, 0.3) is 5.82 Å². The lowest BCUT2D eigenvalue weighted by Crippen LogP contribution is -2.68. The molecule has 0 amide bonds. The van der Waals surface area contributed by atoms with E-state index in [1.54, 1.807) is 0 Å². The van der Waals surface area contributed by atoms with Crippen LogP contribution in [0.2, 0.25) is 0 Å². The van der Waals surface area contributed by atoms with E-state index in [0.29, 0.717) is 11.8 Å². The van der Waals surface area contributed by atoms with Gasteiger partial charge in [0.15, 0.2) is 22.8 Å². The minimum absolute atomic E-state index is 0.0827. The van der Waals surface area contributed by atoms with E-state index >= 15 is 0 Å². The van der Waals surface area contributed by atoms with Gasteiger partial charge in [-0.25, -0.2) is 0 Å². The van der Waals surface area contributed by atoms with Crippen LogP contribution in [-0.4, -0.2) is 4.57 Å². The Morgan fingerprint density at radius 1 is 0.796 bits per heavy atom. The Balaban J connectivity index is 1.39. The van der Waals surface area contributed by atoms with Crippen molar-refractivity contribution in [2.75, 3.05) is 0 Å². The summed E-state index contributed by atoms with van der Waals surface area (Å²) < 4.78 is 7.68. The second kappa shape index (κ2) is 11.7. The number of allylic oxidation sites excluding steroid dienone is 1. The Morgan fingerprint density at radius 2 is 1.51 bits per heavy atom. The predicted molar refractivity (Wildman–Crippen MR) is 203 cm³/mol. The zero-order chi connectivity index (χ0) is 34.1. The van der Waals surface area contributed by atoms with Crippen molar-refractivity contribution in [2.45, 2.75) is 90.5 Å². The highest BCUT2D eigenvalue weighted by atomic mass is 15.2. The molecule has 4 aromatic carbocycles. The molecule has 4 heterocycles. The zero-order valence-electron chi connectivity index (χ0n) is 30.2. The SMILES string of the molecule is CCC1(CC=Cn2c(-c3ccccc3C)[n+]3c4c(cccc42)C(C)c2cccc(C(C)C)c2-3)c2ccccc2-c2cccc[n+]2C1(C)CC. The highest BCUT2D eigenvalue weighted by Crippen LogP contribution is 2.52. The first kappa shape index (κ1) is 31.5. The summed E-state index contributed by atoms with van der Waals surface area (Å²) in [6.07, 6.45) is 10.2. The number of pyridine rings is 1. The number of fused-ring (bicyclic) bond motifs is 5. The van der Waals surface area contributed by atoms with E-state index in [0.717, 1.165) is 19.3 Å². The number of hydrogen-bond donors (Lipinski definition) is 0. The Labute approximate surface area is 292 Å². The average molecular weight is 644 g/mol. The molecule has 246 valence electrons. The maximum atomic E-state index is 2.61. The van der Waals surface area contributed by atoms with Crippen molar-refractivity contribution in [2.24, 2.45) is 0 Å². The zero-order valence-corrected chi connectivity index (χ0v) is 30.2. The van der Waals surface area contributed by atoms with Crippen LogP contribution in [0.1, 0.15) is 100 Å². The molecule has 0 fully saturated rings. The van der Waals surface area contributed by atoms with E-state index in [2.05, 4.69) is 184 Å². The Bertz CT molecular complexity index is 2270. The van der Waals surface area contributed by atoms with Gasteiger partial charge in [-0.15, -0.1) is 0 Å². The summed E-state index contributed by atoms with van der Waals surface area (Å²) in [5.74, 6) is 1.94. The maximum absolute atomic E-state index is 2.61. The van der Waals surface area contributed by atoms with Gasteiger partial charge < -0.3 is 0 Å². The van der Waals surface area contributed by atoms with Crippen molar-refractivity contribution in [1.82, 2.24) is 4.57 Å². The average Bonchev–Trinajstić information content (AvgIpc) is 3.46. The highest BCUT2D eigenvalue weighted by molar-refractivity contribution is 5.85. The molecule has 0 saturated carbocycles. The number of aryl methyl sites for hydroxylation is 1. The van der Waals surface area contributed by atoms with Gasteiger partial charge >= 0.3 is 0 Å². The third-order valence-corrected chi connectivity index (χ3v) is 12.4. The molecule has 0 N–H and O–H groups in total. The molecule has 0 aliphatic carbocycles. The summed E-state index contributed by atoms with van der Waals surface area (Å²) in [6.45, 7) is 16.5. The molecule has 2 aromatic heterocycles. The molecule has 0 bridgehead atoms. The normalized spacial score (nSPS) is 20.9. The fraction of sp³-hybridized carbons (Fsp3) is 0.304. The van der Waals surface area contributed by atoms with Crippen LogP contribution in [-0.2, 0) is 11.0 Å². The third kappa shape index (κ3) is 4.34.